The molecule has 1 atom stereocenters. The van der Waals surface area contributed by atoms with Gasteiger partial charge in [-0.1, -0.05) is 72.3 Å². The number of aromatic nitrogens is 3. The van der Waals surface area contributed by atoms with E-state index in [1.54, 1.807) is 22.9 Å². The van der Waals surface area contributed by atoms with Gasteiger partial charge in [0.15, 0.2) is 0 Å². The maximum absolute atomic E-state index is 13.3. The van der Waals surface area contributed by atoms with Gasteiger partial charge in [0.1, 0.15) is 11.4 Å². The number of para-hydroxylation sites is 2. The molecule has 5 rings (SSSR count). The third-order valence-corrected chi connectivity index (χ3v) is 6.03. The average Bonchev–Trinajstić information content (AvgIpc) is 3.30. The van der Waals surface area contributed by atoms with Gasteiger partial charge in [-0.15, -0.1) is 0 Å². The Bertz CT molecular complexity index is 1500. The Hall–Kier alpha value is -4.45. The summed E-state index contributed by atoms with van der Waals surface area (Å²) in [5, 5.41) is 3.05. The number of carbonyl (C=O) groups excluding carboxylic acids is 1. The molecule has 174 valence electrons. The first-order valence-corrected chi connectivity index (χ1v) is 11.6. The molecule has 35 heavy (non-hydrogen) atoms. The second-order valence-corrected chi connectivity index (χ2v) is 8.70. The largest absolute Gasteiger partial charge is 0.342 e. The van der Waals surface area contributed by atoms with Crippen molar-refractivity contribution < 1.29 is 4.79 Å². The Morgan fingerprint density at radius 2 is 1.71 bits per heavy atom. The molecule has 0 saturated heterocycles. The van der Waals surface area contributed by atoms with Crippen LogP contribution in [0.1, 0.15) is 38.9 Å². The summed E-state index contributed by atoms with van der Waals surface area (Å²) in [7, 11) is 0. The van der Waals surface area contributed by atoms with Crippen LogP contribution >= 0.6 is 0 Å². The Labute approximate surface area is 203 Å². The molecule has 0 unspecified atom stereocenters. The highest BCUT2D eigenvalue weighted by Gasteiger charge is 2.22. The number of carbonyl (C=O) groups is 1. The Balaban J connectivity index is 1.44. The molecule has 0 aliphatic carbocycles. The fraction of sp³-hybridized carbons (Fsp3) is 0.138. The van der Waals surface area contributed by atoms with Crippen molar-refractivity contribution in [3.05, 3.63) is 136 Å². The van der Waals surface area contributed by atoms with Crippen LogP contribution in [0.2, 0.25) is 0 Å². The normalized spacial score (nSPS) is 11.9. The van der Waals surface area contributed by atoms with E-state index in [1.807, 2.05) is 85.8 Å². The summed E-state index contributed by atoms with van der Waals surface area (Å²) in [5.41, 5.74) is 4.70. The van der Waals surface area contributed by atoms with Gasteiger partial charge in [-0.25, -0.2) is 4.98 Å². The predicted molar refractivity (Wildman–Crippen MR) is 137 cm³/mol. The minimum absolute atomic E-state index is 0.106. The van der Waals surface area contributed by atoms with Crippen LogP contribution in [-0.4, -0.2) is 20.4 Å². The molecule has 0 bridgehead atoms. The van der Waals surface area contributed by atoms with E-state index in [0.29, 0.717) is 18.8 Å². The second-order valence-electron chi connectivity index (χ2n) is 8.70. The van der Waals surface area contributed by atoms with Gasteiger partial charge in [0.2, 0.25) is 0 Å². The summed E-state index contributed by atoms with van der Waals surface area (Å²) in [6.07, 6.45) is 2.25. The second kappa shape index (κ2) is 9.81. The maximum Gasteiger partial charge on any atom is 0.263 e. The number of hydrogen-bond donors (Lipinski definition) is 2. The van der Waals surface area contributed by atoms with Crippen LogP contribution in [0.15, 0.2) is 102 Å². The van der Waals surface area contributed by atoms with E-state index in [-0.39, 0.29) is 11.1 Å². The van der Waals surface area contributed by atoms with Gasteiger partial charge in [0.25, 0.3) is 11.5 Å². The van der Waals surface area contributed by atoms with E-state index >= 15 is 0 Å². The number of imidazole rings is 1. The van der Waals surface area contributed by atoms with Crippen molar-refractivity contribution in [1.29, 1.82) is 0 Å². The molecule has 0 radical (unpaired) electrons. The monoisotopic (exact) mass is 462 g/mol. The molecule has 6 nitrogen and oxygen atoms in total. The fourth-order valence-electron chi connectivity index (χ4n) is 4.28. The van der Waals surface area contributed by atoms with Crippen LogP contribution in [0.4, 0.5) is 0 Å². The maximum atomic E-state index is 13.3. The van der Waals surface area contributed by atoms with E-state index in [9.17, 15) is 9.59 Å². The average molecular weight is 463 g/mol. The zero-order valence-electron chi connectivity index (χ0n) is 19.4. The number of H-pyrrole nitrogens is 1. The van der Waals surface area contributed by atoms with Crippen molar-refractivity contribution in [2.24, 2.45) is 0 Å². The molecule has 6 heteroatoms. The minimum atomic E-state index is -0.429. The molecule has 0 spiro atoms. The van der Waals surface area contributed by atoms with Crippen LogP contribution in [0.25, 0.3) is 11.0 Å². The number of rotatable bonds is 7. The lowest BCUT2D eigenvalue weighted by Crippen LogP contribution is -2.36. The van der Waals surface area contributed by atoms with E-state index < -0.39 is 11.9 Å². The molecule has 0 fully saturated rings. The Morgan fingerprint density at radius 1 is 0.943 bits per heavy atom. The van der Waals surface area contributed by atoms with Crippen molar-refractivity contribution in [3.8, 4) is 0 Å². The van der Waals surface area contributed by atoms with Crippen molar-refractivity contribution in [1.82, 2.24) is 19.9 Å². The first kappa shape index (κ1) is 22.3. The quantitative estimate of drug-likeness (QED) is 0.365. The fourth-order valence-corrected chi connectivity index (χ4v) is 4.28. The van der Waals surface area contributed by atoms with Gasteiger partial charge in [0, 0.05) is 6.20 Å². The molecule has 2 aromatic heterocycles. The van der Waals surface area contributed by atoms with E-state index in [4.69, 9.17) is 4.98 Å². The molecule has 2 heterocycles. The minimum Gasteiger partial charge on any atom is -0.342 e. The molecule has 0 saturated carbocycles. The molecule has 2 N–H and O–H groups in total. The molecule has 5 aromatic rings. The number of aryl methyl sites for hydroxylation is 1. The van der Waals surface area contributed by atoms with E-state index in [1.165, 1.54) is 0 Å². The number of hydrogen-bond acceptors (Lipinski definition) is 3. The number of benzene rings is 3. The summed E-state index contributed by atoms with van der Waals surface area (Å²) < 4.78 is 1.57. The van der Waals surface area contributed by atoms with Crippen LogP contribution in [0.5, 0.6) is 0 Å². The van der Waals surface area contributed by atoms with Crippen molar-refractivity contribution in [3.63, 3.8) is 0 Å². The zero-order chi connectivity index (χ0) is 24.2. The molecule has 1 amide bonds. The molecular weight excluding hydrogens is 436 g/mol. The summed E-state index contributed by atoms with van der Waals surface area (Å²) in [6.45, 7) is 2.42. The van der Waals surface area contributed by atoms with Gasteiger partial charge >= 0.3 is 0 Å². The van der Waals surface area contributed by atoms with Crippen molar-refractivity contribution in [2.75, 3.05) is 0 Å². The number of nitrogens with zero attached hydrogens (tertiary/aromatic N) is 2. The topological polar surface area (TPSA) is 79.8 Å². The van der Waals surface area contributed by atoms with Crippen molar-refractivity contribution >= 4 is 16.9 Å². The van der Waals surface area contributed by atoms with Gasteiger partial charge < -0.3 is 14.9 Å². The summed E-state index contributed by atoms with van der Waals surface area (Å²) >= 11 is 0. The highest BCUT2D eigenvalue weighted by Crippen LogP contribution is 2.20. The SMILES string of the molecule is Cc1cccc(Cn2cccc(C(=O)N[C@@H](Cc3ccccc3)c3nc4ccccc4[nH]3)c2=O)c1. The van der Waals surface area contributed by atoms with Crippen LogP contribution < -0.4 is 10.9 Å². The predicted octanol–water partition coefficient (Wildman–Crippen LogP) is 4.80. The number of amides is 1. The van der Waals surface area contributed by atoms with Gasteiger partial charge in [-0.2, -0.15) is 0 Å². The smallest absolute Gasteiger partial charge is 0.263 e. The zero-order valence-corrected chi connectivity index (χ0v) is 19.4. The van der Waals surface area contributed by atoms with Gasteiger partial charge in [-0.05, 0) is 48.7 Å². The number of aromatic amines is 1. The summed E-state index contributed by atoms with van der Waals surface area (Å²) in [6, 6.07) is 28.5. The van der Waals surface area contributed by atoms with E-state index in [0.717, 1.165) is 27.7 Å². The third kappa shape index (κ3) is 5.06. The standard InChI is InChI=1S/C29H26N4O2/c1-20-9-7-12-22(17-20)19-33-16-8-13-23(29(33)35)28(34)32-26(18-21-10-3-2-4-11-21)27-30-24-14-5-6-15-25(24)31-27/h2-17,26H,18-19H2,1H3,(H,30,31)(H,32,34)/t26-/m0/s1. The third-order valence-electron chi connectivity index (χ3n) is 6.03. The number of nitrogens with one attached hydrogen (secondary N) is 2. The Kier molecular flexibility index (Phi) is 6.26. The lowest BCUT2D eigenvalue weighted by molar-refractivity contribution is 0.0932. The highest BCUT2D eigenvalue weighted by atomic mass is 16.2. The van der Waals surface area contributed by atoms with Crippen LogP contribution in [0.3, 0.4) is 0 Å². The number of pyridine rings is 1. The Morgan fingerprint density at radius 3 is 2.51 bits per heavy atom. The first-order valence-electron chi connectivity index (χ1n) is 11.6. The summed E-state index contributed by atoms with van der Waals surface area (Å²) in [4.78, 5) is 34.6. The molecular formula is C29H26N4O2. The van der Waals surface area contributed by atoms with Crippen LogP contribution in [0, 0.1) is 6.92 Å². The summed E-state index contributed by atoms with van der Waals surface area (Å²) in [5.74, 6) is 0.231. The lowest BCUT2D eigenvalue weighted by Gasteiger charge is -2.17. The molecule has 3 aromatic carbocycles. The van der Waals surface area contributed by atoms with Gasteiger partial charge in [0.05, 0.1) is 23.6 Å². The van der Waals surface area contributed by atoms with Crippen molar-refractivity contribution in [2.45, 2.75) is 25.9 Å². The van der Waals surface area contributed by atoms with Gasteiger partial charge in [-0.3, -0.25) is 9.59 Å². The first-order chi connectivity index (χ1) is 17.1. The molecule has 0 aliphatic rings. The highest BCUT2D eigenvalue weighted by molar-refractivity contribution is 5.94. The van der Waals surface area contributed by atoms with Crippen LogP contribution in [-0.2, 0) is 13.0 Å². The lowest BCUT2D eigenvalue weighted by atomic mass is 10.0. The van der Waals surface area contributed by atoms with E-state index in [2.05, 4.69) is 10.3 Å². The molecule has 0 aliphatic heterocycles. The number of fused-ring (bicyclic) bond motifs is 1.